The minimum absolute atomic E-state index is 0.146. The molecular weight excluding hydrogens is 210 g/mol. The van der Waals surface area contributed by atoms with Gasteiger partial charge in [0.2, 0.25) is 0 Å². The van der Waals surface area contributed by atoms with E-state index in [4.69, 9.17) is 5.73 Å². The first kappa shape index (κ1) is 12.2. The molecular formula is C11H17NO2S. The third-order valence-electron chi connectivity index (χ3n) is 2.31. The van der Waals surface area contributed by atoms with E-state index in [2.05, 4.69) is 0 Å². The Bertz CT molecular complexity index is 412. The summed E-state index contributed by atoms with van der Waals surface area (Å²) in [5.74, 6) is 0.146. The molecule has 15 heavy (non-hydrogen) atoms. The maximum absolute atomic E-state index is 11.6. The Balaban J connectivity index is 2.93. The summed E-state index contributed by atoms with van der Waals surface area (Å²) in [6.45, 7) is 2.28. The summed E-state index contributed by atoms with van der Waals surface area (Å²) in [7, 11) is -3.08. The van der Waals surface area contributed by atoms with Crippen molar-refractivity contribution in [3.05, 3.63) is 29.8 Å². The Labute approximate surface area is 91.2 Å². The molecule has 0 saturated carbocycles. The highest BCUT2D eigenvalue weighted by atomic mass is 32.2. The van der Waals surface area contributed by atoms with E-state index >= 15 is 0 Å². The lowest BCUT2D eigenvalue weighted by molar-refractivity contribution is 0.597. The van der Waals surface area contributed by atoms with Crippen LogP contribution >= 0.6 is 0 Å². The monoisotopic (exact) mass is 227 g/mol. The molecule has 0 atom stereocenters. The average Bonchev–Trinajstić information content (AvgIpc) is 2.27. The van der Waals surface area contributed by atoms with Crippen LogP contribution in [0.2, 0.25) is 0 Å². The molecule has 1 aromatic carbocycles. The fraction of sp³-hybridized carbons (Fsp3) is 0.455. The molecule has 0 bridgehead atoms. The second-order valence-corrected chi connectivity index (χ2v) is 5.72. The van der Waals surface area contributed by atoms with Crippen LogP contribution in [0.3, 0.4) is 0 Å². The van der Waals surface area contributed by atoms with Gasteiger partial charge in [0.1, 0.15) is 0 Å². The molecule has 0 amide bonds. The maximum atomic E-state index is 11.6. The summed E-state index contributed by atoms with van der Waals surface area (Å²) in [4.78, 5) is 0.416. The number of nitrogens with two attached hydrogens (primary N) is 1. The summed E-state index contributed by atoms with van der Waals surface area (Å²) >= 11 is 0. The molecule has 0 fully saturated rings. The molecule has 1 rings (SSSR count). The van der Waals surface area contributed by atoms with Crippen LogP contribution in [0.25, 0.3) is 0 Å². The van der Waals surface area contributed by atoms with Crippen LogP contribution in [0.4, 0.5) is 0 Å². The number of sulfone groups is 1. The Hall–Kier alpha value is -0.870. The van der Waals surface area contributed by atoms with Gasteiger partial charge in [0, 0.05) is 0 Å². The van der Waals surface area contributed by atoms with Gasteiger partial charge >= 0.3 is 0 Å². The summed E-state index contributed by atoms with van der Waals surface area (Å²) in [5.41, 5.74) is 6.45. The topological polar surface area (TPSA) is 60.2 Å². The van der Waals surface area contributed by atoms with Gasteiger partial charge in [-0.05, 0) is 37.1 Å². The molecule has 0 radical (unpaired) electrons. The van der Waals surface area contributed by atoms with E-state index < -0.39 is 9.84 Å². The molecule has 84 valence electrons. The van der Waals surface area contributed by atoms with Crippen LogP contribution in [-0.4, -0.2) is 20.7 Å². The molecule has 0 aliphatic carbocycles. The summed E-state index contributed by atoms with van der Waals surface area (Å²) < 4.78 is 23.2. The normalized spacial score (nSPS) is 11.6. The largest absolute Gasteiger partial charge is 0.330 e. The highest BCUT2D eigenvalue weighted by Crippen LogP contribution is 2.14. The Morgan fingerprint density at radius 3 is 2.67 bits per heavy atom. The van der Waals surface area contributed by atoms with Crippen molar-refractivity contribution in [2.45, 2.75) is 24.7 Å². The van der Waals surface area contributed by atoms with Crippen LogP contribution in [0.15, 0.2) is 29.2 Å². The van der Waals surface area contributed by atoms with Crippen LogP contribution in [0.1, 0.15) is 18.9 Å². The molecule has 0 heterocycles. The van der Waals surface area contributed by atoms with Crippen molar-refractivity contribution < 1.29 is 8.42 Å². The summed E-state index contributed by atoms with van der Waals surface area (Å²) in [6.07, 6.45) is 1.72. The number of aryl methyl sites for hydroxylation is 1. The van der Waals surface area contributed by atoms with Crippen molar-refractivity contribution in [3.63, 3.8) is 0 Å². The zero-order valence-electron chi connectivity index (χ0n) is 8.94. The van der Waals surface area contributed by atoms with Crippen molar-refractivity contribution in [3.8, 4) is 0 Å². The van der Waals surface area contributed by atoms with Gasteiger partial charge in [-0.1, -0.05) is 19.1 Å². The minimum atomic E-state index is -3.08. The van der Waals surface area contributed by atoms with E-state index in [9.17, 15) is 8.42 Å². The molecule has 0 aromatic heterocycles. The first-order chi connectivity index (χ1) is 7.10. The summed E-state index contributed by atoms with van der Waals surface area (Å²) in [5, 5.41) is 0. The molecule has 4 heteroatoms. The second-order valence-electron chi connectivity index (χ2n) is 3.44. The van der Waals surface area contributed by atoms with E-state index in [1.54, 1.807) is 25.1 Å². The number of rotatable bonds is 5. The van der Waals surface area contributed by atoms with E-state index in [1.165, 1.54) is 0 Å². The zero-order chi connectivity index (χ0) is 11.3. The van der Waals surface area contributed by atoms with Crippen molar-refractivity contribution in [1.82, 2.24) is 0 Å². The first-order valence-electron chi connectivity index (χ1n) is 5.12. The van der Waals surface area contributed by atoms with Crippen molar-refractivity contribution in [1.29, 1.82) is 0 Å². The van der Waals surface area contributed by atoms with Gasteiger partial charge in [-0.2, -0.15) is 0 Å². The molecule has 0 aliphatic heterocycles. The molecule has 3 nitrogen and oxygen atoms in total. The number of hydrogen-bond donors (Lipinski definition) is 1. The lowest BCUT2D eigenvalue weighted by atomic mass is 10.1. The number of hydrogen-bond acceptors (Lipinski definition) is 3. The highest BCUT2D eigenvalue weighted by Gasteiger charge is 2.11. The molecule has 0 unspecified atom stereocenters. The maximum Gasteiger partial charge on any atom is 0.178 e. The van der Waals surface area contributed by atoms with Crippen molar-refractivity contribution >= 4 is 9.84 Å². The predicted molar refractivity (Wildman–Crippen MR) is 61.5 cm³/mol. The van der Waals surface area contributed by atoms with E-state index in [1.807, 2.05) is 6.07 Å². The summed E-state index contributed by atoms with van der Waals surface area (Å²) in [6, 6.07) is 7.11. The van der Waals surface area contributed by atoms with Gasteiger partial charge in [-0.3, -0.25) is 0 Å². The second kappa shape index (κ2) is 5.28. The lowest BCUT2D eigenvalue weighted by Gasteiger charge is -2.04. The lowest BCUT2D eigenvalue weighted by Crippen LogP contribution is -2.05. The third-order valence-corrected chi connectivity index (χ3v) is 4.04. The van der Waals surface area contributed by atoms with Crippen molar-refractivity contribution in [2.75, 3.05) is 12.3 Å². The Kier molecular flexibility index (Phi) is 4.29. The Morgan fingerprint density at radius 2 is 2.07 bits per heavy atom. The third kappa shape index (κ3) is 3.32. The highest BCUT2D eigenvalue weighted by molar-refractivity contribution is 7.91. The fourth-order valence-corrected chi connectivity index (χ4v) is 2.32. The quantitative estimate of drug-likeness (QED) is 0.826. The van der Waals surface area contributed by atoms with Gasteiger partial charge in [0.15, 0.2) is 9.84 Å². The SMILES string of the molecule is CCS(=O)(=O)c1cccc(CCCN)c1. The van der Waals surface area contributed by atoms with Crippen LogP contribution in [0, 0.1) is 0 Å². The van der Waals surface area contributed by atoms with Crippen LogP contribution in [0.5, 0.6) is 0 Å². The fourth-order valence-electron chi connectivity index (χ4n) is 1.37. The molecule has 2 N–H and O–H groups in total. The zero-order valence-corrected chi connectivity index (χ0v) is 9.76. The molecule has 0 aliphatic rings. The van der Waals surface area contributed by atoms with E-state index in [-0.39, 0.29) is 5.75 Å². The first-order valence-corrected chi connectivity index (χ1v) is 6.77. The molecule has 0 spiro atoms. The minimum Gasteiger partial charge on any atom is -0.330 e. The predicted octanol–water partition coefficient (Wildman–Crippen LogP) is 1.37. The van der Waals surface area contributed by atoms with Crippen LogP contribution < -0.4 is 5.73 Å². The standard InChI is InChI=1S/C11H17NO2S/c1-2-15(13,14)11-7-3-5-10(9-11)6-4-8-12/h3,5,7,9H,2,4,6,8,12H2,1H3. The average molecular weight is 227 g/mol. The van der Waals surface area contributed by atoms with Gasteiger partial charge in [0.05, 0.1) is 10.6 Å². The van der Waals surface area contributed by atoms with E-state index in [0.29, 0.717) is 11.4 Å². The van der Waals surface area contributed by atoms with Gasteiger partial charge in [-0.15, -0.1) is 0 Å². The molecule has 1 aromatic rings. The van der Waals surface area contributed by atoms with E-state index in [0.717, 1.165) is 18.4 Å². The van der Waals surface area contributed by atoms with Gasteiger partial charge in [0.25, 0.3) is 0 Å². The van der Waals surface area contributed by atoms with Gasteiger partial charge < -0.3 is 5.73 Å². The van der Waals surface area contributed by atoms with Gasteiger partial charge in [-0.25, -0.2) is 8.42 Å². The van der Waals surface area contributed by atoms with Crippen molar-refractivity contribution in [2.24, 2.45) is 5.73 Å². The van der Waals surface area contributed by atoms with Crippen LogP contribution in [-0.2, 0) is 16.3 Å². The molecule has 0 saturated heterocycles. The number of benzene rings is 1. The smallest absolute Gasteiger partial charge is 0.178 e. The Morgan fingerprint density at radius 1 is 1.33 bits per heavy atom.